The van der Waals surface area contributed by atoms with Crippen molar-refractivity contribution >= 4 is 5.91 Å². The standard InChI is InChI=1S/C10H22N2O2/c1-4-5-8(11)10(14)12-9(6-13)7(2)3/h7-9,13H,4-6,11H2,1-3H3,(H,12,14)/t8-,9?/m0/s1. The van der Waals surface area contributed by atoms with E-state index >= 15 is 0 Å². The molecule has 14 heavy (non-hydrogen) atoms. The van der Waals surface area contributed by atoms with Gasteiger partial charge in [-0.3, -0.25) is 4.79 Å². The predicted molar refractivity (Wildman–Crippen MR) is 56.7 cm³/mol. The molecule has 1 unspecified atom stereocenters. The van der Waals surface area contributed by atoms with Crippen LogP contribution in [-0.2, 0) is 4.79 Å². The van der Waals surface area contributed by atoms with Gasteiger partial charge in [-0.2, -0.15) is 0 Å². The Bertz CT molecular complexity index is 172. The molecule has 0 aliphatic rings. The van der Waals surface area contributed by atoms with Crippen LogP contribution < -0.4 is 11.1 Å². The van der Waals surface area contributed by atoms with Gasteiger partial charge in [-0.25, -0.2) is 0 Å². The van der Waals surface area contributed by atoms with Gasteiger partial charge in [0.2, 0.25) is 5.91 Å². The molecule has 0 fully saturated rings. The second-order valence-electron chi connectivity index (χ2n) is 3.94. The minimum atomic E-state index is -0.451. The Morgan fingerprint density at radius 3 is 2.43 bits per heavy atom. The summed E-state index contributed by atoms with van der Waals surface area (Å²) in [5, 5.41) is 11.7. The number of aliphatic hydroxyl groups is 1. The Kier molecular flexibility index (Phi) is 6.49. The van der Waals surface area contributed by atoms with Crippen LogP contribution >= 0.6 is 0 Å². The summed E-state index contributed by atoms with van der Waals surface area (Å²) in [6, 6.07) is -0.641. The fourth-order valence-electron chi connectivity index (χ4n) is 1.15. The molecule has 0 saturated heterocycles. The lowest BCUT2D eigenvalue weighted by atomic mass is 10.0. The number of aliphatic hydroxyl groups excluding tert-OH is 1. The second-order valence-corrected chi connectivity index (χ2v) is 3.94. The van der Waals surface area contributed by atoms with Gasteiger partial charge in [0.1, 0.15) is 0 Å². The molecule has 4 heteroatoms. The Morgan fingerprint density at radius 2 is 2.07 bits per heavy atom. The molecule has 1 amide bonds. The second kappa shape index (κ2) is 6.79. The zero-order chi connectivity index (χ0) is 11.1. The van der Waals surface area contributed by atoms with Crippen molar-refractivity contribution in [3.05, 3.63) is 0 Å². The van der Waals surface area contributed by atoms with E-state index in [0.717, 1.165) is 6.42 Å². The van der Waals surface area contributed by atoms with E-state index in [0.29, 0.717) is 6.42 Å². The smallest absolute Gasteiger partial charge is 0.237 e. The highest BCUT2D eigenvalue weighted by Gasteiger charge is 2.18. The molecule has 0 radical (unpaired) electrons. The molecular formula is C10H22N2O2. The molecule has 0 saturated carbocycles. The van der Waals surface area contributed by atoms with Crippen LogP contribution in [0.25, 0.3) is 0 Å². The number of amides is 1. The molecule has 4 nitrogen and oxygen atoms in total. The molecule has 0 bridgehead atoms. The molecule has 0 aromatic carbocycles. The first-order valence-corrected chi connectivity index (χ1v) is 5.19. The molecule has 0 rings (SSSR count). The van der Waals surface area contributed by atoms with Crippen LogP contribution in [0, 0.1) is 5.92 Å². The maximum absolute atomic E-state index is 11.5. The average Bonchev–Trinajstić information content (AvgIpc) is 2.13. The summed E-state index contributed by atoms with van der Waals surface area (Å²) in [6.45, 7) is 5.85. The van der Waals surface area contributed by atoms with Crippen molar-refractivity contribution in [3.8, 4) is 0 Å². The van der Waals surface area contributed by atoms with E-state index in [4.69, 9.17) is 10.8 Å². The van der Waals surface area contributed by atoms with Crippen LogP contribution in [0.3, 0.4) is 0 Å². The average molecular weight is 202 g/mol. The number of nitrogens with one attached hydrogen (secondary N) is 1. The molecule has 0 aliphatic heterocycles. The van der Waals surface area contributed by atoms with Crippen molar-refractivity contribution in [2.24, 2.45) is 11.7 Å². The Labute approximate surface area is 85.9 Å². The minimum Gasteiger partial charge on any atom is -0.394 e. The zero-order valence-corrected chi connectivity index (χ0v) is 9.29. The molecule has 0 heterocycles. The molecule has 0 aromatic heterocycles. The van der Waals surface area contributed by atoms with Gasteiger partial charge >= 0.3 is 0 Å². The van der Waals surface area contributed by atoms with Crippen molar-refractivity contribution in [2.45, 2.75) is 45.7 Å². The first-order chi connectivity index (χ1) is 6.52. The highest BCUT2D eigenvalue weighted by atomic mass is 16.3. The highest BCUT2D eigenvalue weighted by molar-refractivity contribution is 5.81. The first kappa shape index (κ1) is 13.4. The number of carbonyl (C=O) groups excluding carboxylic acids is 1. The van der Waals surface area contributed by atoms with Gasteiger partial charge in [-0.15, -0.1) is 0 Å². The molecule has 0 aliphatic carbocycles. The molecule has 4 N–H and O–H groups in total. The van der Waals surface area contributed by atoms with Gasteiger partial charge in [0, 0.05) is 0 Å². The minimum absolute atomic E-state index is 0.0394. The van der Waals surface area contributed by atoms with Crippen LogP contribution in [-0.4, -0.2) is 29.7 Å². The van der Waals surface area contributed by atoms with Gasteiger partial charge in [0.25, 0.3) is 0 Å². The largest absolute Gasteiger partial charge is 0.394 e. The topological polar surface area (TPSA) is 75.4 Å². The fraction of sp³-hybridized carbons (Fsp3) is 0.900. The number of rotatable bonds is 6. The third-order valence-corrected chi connectivity index (χ3v) is 2.27. The van der Waals surface area contributed by atoms with Crippen molar-refractivity contribution in [2.75, 3.05) is 6.61 Å². The van der Waals surface area contributed by atoms with Crippen molar-refractivity contribution in [1.82, 2.24) is 5.32 Å². The number of nitrogens with two attached hydrogens (primary N) is 1. The van der Waals surface area contributed by atoms with Gasteiger partial charge in [0.05, 0.1) is 18.7 Å². The van der Waals surface area contributed by atoms with Crippen LogP contribution in [0.5, 0.6) is 0 Å². The third-order valence-electron chi connectivity index (χ3n) is 2.27. The molecule has 0 spiro atoms. The van der Waals surface area contributed by atoms with Gasteiger partial charge < -0.3 is 16.2 Å². The van der Waals surface area contributed by atoms with E-state index < -0.39 is 6.04 Å². The monoisotopic (exact) mass is 202 g/mol. The van der Waals surface area contributed by atoms with Gasteiger partial charge in [-0.05, 0) is 12.3 Å². The fourth-order valence-corrected chi connectivity index (χ4v) is 1.15. The normalized spacial score (nSPS) is 15.3. The van der Waals surface area contributed by atoms with Crippen LogP contribution in [0.4, 0.5) is 0 Å². The summed E-state index contributed by atoms with van der Waals surface area (Å²) in [5.41, 5.74) is 5.64. The van der Waals surface area contributed by atoms with Crippen molar-refractivity contribution in [1.29, 1.82) is 0 Å². The van der Waals surface area contributed by atoms with Gasteiger partial charge in [0.15, 0.2) is 0 Å². The quantitative estimate of drug-likeness (QED) is 0.578. The zero-order valence-electron chi connectivity index (χ0n) is 9.29. The number of hydrogen-bond acceptors (Lipinski definition) is 3. The molecule has 0 aromatic rings. The van der Waals surface area contributed by atoms with Crippen LogP contribution in [0.1, 0.15) is 33.6 Å². The lowest BCUT2D eigenvalue weighted by molar-refractivity contribution is -0.123. The van der Waals surface area contributed by atoms with E-state index in [1.165, 1.54) is 0 Å². The third kappa shape index (κ3) is 4.58. The van der Waals surface area contributed by atoms with E-state index in [9.17, 15) is 4.79 Å². The maximum Gasteiger partial charge on any atom is 0.237 e. The van der Waals surface area contributed by atoms with Gasteiger partial charge in [-0.1, -0.05) is 27.2 Å². The lowest BCUT2D eigenvalue weighted by Gasteiger charge is -2.21. The lowest BCUT2D eigenvalue weighted by Crippen LogP contribution is -2.48. The summed E-state index contributed by atoms with van der Waals surface area (Å²) >= 11 is 0. The summed E-state index contributed by atoms with van der Waals surface area (Å²) in [4.78, 5) is 11.5. The van der Waals surface area contributed by atoms with E-state index in [-0.39, 0.29) is 24.5 Å². The van der Waals surface area contributed by atoms with Crippen LogP contribution in [0.2, 0.25) is 0 Å². The summed E-state index contributed by atoms with van der Waals surface area (Å²) in [5.74, 6) is 0.0531. The summed E-state index contributed by atoms with van der Waals surface area (Å²) in [7, 11) is 0. The van der Waals surface area contributed by atoms with Crippen molar-refractivity contribution in [3.63, 3.8) is 0 Å². The Hall–Kier alpha value is -0.610. The van der Waals surface area contributed by atoms with E-state index in [2.05, 4.69) is 5.32 Å². The molecule has 84 valence electrons. The molecule has 2 atom stereocenters. The van der Waals surface area contributed by atoms with E-state index in [1.807, 2.05) is 20.8 Å². The number of carbonyl (C=O) groups is 1. The summed E-state index contributed by atoms with van der Waals surface area (Å²) < 4.78 is 0. The highest BCUT2D eigenvalue weighted by Crippen LogP contribution is 2.01. The van der Waals surface area contributed by atoms with Crippen molar-refractivity contribution < 1.29 is 9.90 Å². The Balaban J connectivity index is 4.01. The number of hydrogen-bond donors (Lipinski definition) is 3. The summed E-state index contributed by atoms with van der Waals surface area (Å²) in [6.07, 6.45) is 1.57. The van der Waals surface area contributed by atoms with E-state index in [1.54, 1.807) is 0 Å². The Morgan fingerprint density at radius 1 is 1.50 bits per heavy atom. The molecular weight excluding hydrogens is 180 g/mol. The SMILES string of the molecule is CCC[C@H](N)C(=O)NC(CO)C(C)C. The maximum atomic E-state index is 11.5. The predicted octanol–water partition coefficient (Wildman–Crippen LogP) is 0.247. The van der Waals surface area contributed by atoms with Crippen LogP contribution in [0.15, 0.2) is 0 Å². The first-order valence-electron chi connectivity index (χ1n) is 5.19.